The first-order valence-corrected chi connectivity index (χ1v) is 4.77. The highest BCUT2D eigenvalue weighted by Gasteiger charge is 2.00. The summed E-state index contributed by atoms with van der Waals surface area (Å²) in [6.07, 6.45) is 1.69. The summed E-state index contributed by atoms with van der Waals surface area (Å²) in [5.74, 6) is 0.597. The van der Waals surface area contributed by atoms with Gasteiger partial charge in [0.1, 0.15) is 5.75 Å². The van der Waals surface area contributed by atoms with Gasteiger partial charge in [-0.2, -0.15) is 0 Å². The predicted molar refractivity (Wildman–Crippen MR) is 50.7 cm³/mol. The van der Waals surface area contributed by atoms with Crippen LogP contribution in [0.2, 0.25) is 0 Å². The average molecular weight is 182 g/mol. The molecule has 0 aliphatic carbocycles. The molecule has 0 bridgehead atoms. The Kier molecular flexibility index (Phi) is 3.17. The molecule has 0 saturated carbocycles. The van der Waals surface area contributed by atoms with Gasteiger partial charge in [-0.3, -0.25) is 0 Å². The van der Waals surface area contributed by atoms with E-state index in [1.54, 1.807) is 18.4 Å². The van der Waals surface area contributed by atoms with Gasteiger partial charge >= 0.3 is 5.30 Å². The van der Waals surface area contributed by atoms with Crippen LogP contribution in [0.4, 0.5) is 4.79 Å². The van der Waals surface area contributed by atoms with Gasteiger partial charge < -0.3 is 4.74 Å². The molecule has 0 unspecified atom stereocenters. The van der Waals surface area contributed by atoms with Crippen molar-refractivity contribution in [1.82, 2.24) is 0 Å². The quantitative estimate of drug-likeness (QED) is 0.625. The predicted octanol–water partition coefficient (Wildman–Crippen LogP) is 2.86. The summed E-state index contributed by atoms with van der Waals surface area (Å²) in [5, 5.41) is -0.279. The largest absolute Gasteiger partial charge is 0.418 e. The van der Waals surface area contributed by atoms with Crippen molar-refractivity contribution < 1.29 is 9.53 Å². The average Bonchev–Trinajstić information content (AvgIpc) is 2.09. The summed E-state index contributed by atoms with van der Waals surface area (Å²) in [4.78, 5) is 10.8. The maximum Gasteiger partial charge on any atom is 0.372 e. The lowest BCUT2D eigenvalue weighted by Gasteiger charge is -2.00. The second-order valence-electron chi connectivity index (χ2n) is 2.37. The van der Waals surface area contributed by atoms with Crippen molar-refractivity contribution >= 4 is 17.1 Å². The SMILES string of the molecule is CSC(=O)Oc1ccc(C)cc1. The number of aryl methyl sites for hydroxylation is 1. The van der Waals surface area contributed by atoms with Gasteiger partial charge in [0, 0.05) is 0 Å². The van der Waals surface area contributed by atoms with Gasteiger partial charge in [-0.1, -0.05) is 17.7 Å². The van der Waals surface area contributed by atoms with E-state index in [2.05, 4.69) is 0 Å². The van der Waals surface area contributed by atoms with Crippen LogP contribution in [-0.4, -0.2) is 11.6 Å². The number of thioether (sulfide) groups is 1. The molecular formula is C9H10O2S. The molecule has 0 aliphatic heterocycles. The Balaban J connectivity index is 2.64. The minimum Gasteiger partial charge on any atom is -0.418 e. The van der Waals surface area contributed by atoms with Crippen LogP contribution in [0.15, 0.2) is 24.3 Å². The molecule has 0 spiro atoms. The van der Waals surface area contributed by atoms with Gasteiger partial charge in [0.2, 0.25) is 0 Å². The zero-order valence-electron chi connectivity index (χ0n) is 7.03. The molecule has 0 fully saturated rings. The molecule has 64 valence electrons. The number of ether oxygens (including phenoxy) is 1. The van der Waals surface area contributed by atoms with E-state index in [4.69, 9.17) is 4.74 Å². The Hall–Kier alpha value is -0.960. The summed E-state index contributed by atoms with van der Waals surface area (Å²) >= 11 is 1.06. The van der Waals surface area contributed by atoms with Gasteiger partial charge in [-0.15, -0.1) is 0 Å². The molecule has 12 heavy (non-hydrogen) atoms. The van der Waals surface area contributed by atoms with Crippen molar-refractivity contribution in [3.63, 3.8) is 0 Å². The monoisotopic (exact) mass is 182 g/mol. The Morgan fingerprint density at radius 1 is 1.33 bits per heavy atom. The molecular weight excluding hydrogens is 172 g/mol. The maximum atomic E-state index is 10.8. The molecule has 2 nitrogen and oxygen atoms in total. The number of benzene rings is 1. The molecule has 0 radical (unpaired) electrons. The van der Waals surface area contributed by atoms with Crippen LogP contribution in [0.1, 0.15) is 5.56 Å². The minimum atomic E-state index is -0.279. The van der Waals surface area contributed by atoms with Crippen LogP contribution in [0.3, 0.4) is 0 Å². The number of carbonyl (C=O) groups is 1. The summed E-state index contributed by atoms with van der Waals surface area (Å²) in [5.41, 5.74) is 1.15. The Bertz CT molecular complexity index is 266. The Morgan fingerprint density at radius 3 is 2.42 bits per heavy atom. The van der Waals surface area contributed by atoms with Crippen LogP contribution in [0, 0.1) is 6.92 Å². The first-order chi connectivity index (χ1) is 5.72. The smallest absolute Gasteiger partial charge is 0.372 e. The number of carbonyl (C=O) groups excluding carboxylic acids is 1. The first-order valence-electron chi connectivity index (χ1n) is 3.55. The van der Waals surface area contributed by atoms with Gasteiger partial charge in [0.05, 0.1) is 0 Å². The van der Waals surface area contributed by atoms with Crippen molar-refractivity contribution in [3.05, 3.63) is 29.8 Å². The Morgan fingerprint density at radius 2 is 1.92 bits per heavy atom. The van der Waals surface area contributed by atoms with Crippen LogP contribution in [0.5, 0.6) is 5.75 Å². The van der Waals surface area contributed by atoms with Gasteiger partial charge in [-0.05, 0) is 37.1 Å². The molecule has 0 heterocycles. The summed E-state index contributed by atoms with van der Waals surface area (Å²) in [7, 11) is 0. The highest BCUT2D eigenvalue weighted by molar-refractivity contribution is 8.12. The Labute approximate surface area is 75.9 Å². The fraction of sp³-hybridized carbons (Fsp3) is 0.222. The molecule has 0 aliphatic rings. The van der Waals surface area contributed by atoms with Crippen molar-refractivity contribution in [2.75, 3.05) is 6.26 Å². The fourth-order valence-electron chi connectivity index (χ4n) is 0.744. The van der Waals surface area contributed by atoms with Crippen LogP contribution in [-0.2, 0) is 0 Å². The minimum absolute atomic E-state index is 0.279. The molecule has 0 aromatic heterocycles. The molecule has 1 aromatic rings. The van der Waals surface area contributed by atoms with E-state index >= 15 is 0 Å². The van der Waals surface area contributed by atoms with Gasteiger partial charge in [0.25, 0.3) is 0 Å². The van der Waals surface area contributed by atoms with Crippen molar-refractivity contribution in [2.24, 2.45) is 0 Å². The van der Waals surface area contributed by atoms with E-state index in [0.29, 0.717) is 5.75 Å². The van der Waals surface area contributed by atoms with Gasteiger partial charge in [-0.25, -0.2) is 4.79 Å². The van der Waals surface area contributed by atoms with Crippen LogP contribution < -0.4 is 4.74 Å². The van der Waals surface area contributed by atoms with E-state index in [1.165, 1.54) is 0 Å². The normalized spacial score (nSPS) is 9.50. The molecule has 1 rings (SSSR count). The number of hydrogen-bond donors (Lipinski definition) is 0. The third kappa shape index (κ3) is 2.58. The maximum absolute atomic E-state index is 10.8. The standard InChI is InChI=1S/C9H10O2S/c1-7-3-5-8(6-4-7)11-9(10)12-2/h3-6H,1-2H3. The van der Waals surface area contributed by atoms with Crippen LogP contribution in [0.25, 0.3) is 0 Å². The summed E-state index contributed by atoms with van der Waals surface area (Å²) in [6, 6.07) is 7.37. The number of hydrogen-bond acceptors (Lipinski definition) is 3. The molecule has 0 amide bonds. The first kappa shape index (κ1) is 9.13. The van der Waals surface area contributed by atoms with Crippen LogP contribution >= 0.6 is 11.8 Å². The highest BCUT2D eigenvalue weighted by atomic mass is 32.2. The second kappa shape index (κ2) is 4.16. The van der Waals surface area contributed by atoms with Gasteiger partial charge in [0.15, 0.2) is 0 Å². The van der Waals surface area contributed by atoms with E-state index in [-0.39, 0.29) is 5.30 Å². The zero-order valence-corrected chi connectivity index (χ0v) is 7.85. The third-order valence-corrected chi connectivity index (χ3v) is 1.81. The lowest BCUT2D eigenvalue weighted by molar-refractivity contribution is 0.227. The molecule has 0 saturated heterocycles. The topological polar surface area (TPSA) is 26.3 Å². The van der Waals surface area contributed by atoms with Crippen molar-refractivity contribution in [3.8, 4) is 5.75 Å². The van der Waals surface area contributed by atoms with E-state index in [0.717, 1.165) is 17.3 Å². The van der Waals surface area contributed by atoms with E-state index in [1.807, 2.05) is 19.1 Å². The summed E-state index contributed by atoms with van der Waals surface area (Å²) in [6.45, 7) is 1.99. The molecule has 0 N–H and O–H groups in total. The highest BCUT2D eigenvalue weighted by Crippen LogP contribution is 2.13. The fourth-order valence-corrected chi connectivity index (χ4v) is 0.924. The van der Waals surface area contributed by atoms with Crippen molar-refractivity contribution in [1.29, 1.82) is 0 Å². The lowest BCUT2D eigenvalue weighted by atomic mass is 10.2. The molecule has 1 aromatic carbocycles. The molecule has 3 heteroatoms. The lowest BCUT2D eigenvalue weighted by Crippen LogP contribution is -1.98. The zero-order chi connectivity index (χ0) is 8.97. The third-order valence-electron chi connectivity index (χ3n) is 1.39. The number of rotatable bonds is 1. The van der Waals surface area contributed by atoms with E-state index in [9.17, 15) is 4.79 Å². The molecule has 0 atom stereocenters. The second-order valence-corrected chi connectivity index (χ2v) is 3.11. The van der Waals surface area contributed by atoms with E-state index < -0.39 is 0 Å². The summed E-state index contributed by atoms with van der Waals surface area (Å²) < 4.78 is 4.94. The van der Waals surface area contributed by atoms with Crippen molar-refractivity contribution in [2.45, 2.75) is 6.92 Å².